The van der Waals surface area contributed by atoms with Gasteiger partial charge in [0.15, 0.2) is 11.5 Å². The van der Waals surface area contributed by atoms with E-state index in [1.54, 1.807) is 19.3 Å². The molecular weight excluding hydrogens is 530 g/mol. The largest absolute Gasteiger partial charge is 0.493 e. The average molecular weight is 554 g/mol. The van der Waals surface area contributed by atoms with Gasteiger partial charge in [0.25, 0.3) is 11.1 Å². The van der Waals surface area contributed by atoms with Crippen molar-refractivity contribution in [2.75, 3.05) is 20.3 Å². The molecule has 1 aliphatic heterocycles. The van der Waals surface area contributed by atoms with Gasteiger partial charge < -0.3 is 14.2 Å². The van der Waals surface area contributed by atoms with Crippen molar-refractivity contribution in [1.82, 2.24) is 4.90 Å². The highest BCUT2D eigenvalue weighted by atomic mass is 79.9. The van der Waals surface area contributed by atoms with Crippen molar-refractivity contribution in [1.29, 1.82) is 0 Å². The number of aryl methyl sites for hydroxylation is 1. The van der Waals surface area contributed by atoms with E-state index in [2.05, 4.69) is 15.9 Å². The third-order valence-corrected chi connectivity index (χ3v) is 6.75. The number of carbonyl (C=O) groups excluding carboxylic acids is 2. The molecule has 2 amide bonds. The van der Waals surface area contributed by atoms with Gasteiger partial charge in [0.1, 0.15) is 19.0 Å². The number of hydrogen-bond donors (Lipinski definition) is 0. The van der Waals surface area contributed by atoms with Gasteiger partial charge in [-0.3, -0.25) is 14.5 Å². The first-order valence-corrected chi connectivity index (χ1v) is 12.5. The number of hydrogen-bond acceptors (Lipinski definition) is 6. The molecule has 0 bridgehead atoms. The Morgan fingerprint density at radius 1 is 1.00 bits per heavy atom. The normalized spacial score (nSPS) is 14.5. The van der Waals surface area contributed by atoms with Crippen molar-refractivity contribution in [3.8, 4) is 17.2 Å². The van der Waals surface area contributed by atoms with Crippen LogP contribution in [0.3, 0.4) is 0 Å². The van der Waals surface area contributed by atoms with Crippen LogP contribution in [0.25, 0.3) is 6.08 Å². The molecule has 0 N–H and O–H groups in total. The number of amides is 2. The summed E-state index contributed by atoms with van der Waals surface area (Å²) in [5.74, 6) is 1.44. The lowest BCUT2D eigenvalue weighted by molar-refractivity contribution is -0.123. The maximum atomic E-state index is 12.9. The summed E-state index contributed by atoms with van der Waals surface area (Å²) < 4.78 is 17.9. The van der Waals surface area contributed by atoms with E-state index in [0.29, 0.717) is 38.8 Å². The molecule has 1 aliphatic rings. The first kappa shape index (κ1) is 24.9. The van der Waals surface area contributed by atoms with Crippen LogP contribution in [0.5, 0.6) is 17.2 Å². The molecule has 0 unspecified atom stereocenters. The highest BCUT2D eigenvalue weighted by molar-refractivity contribution is 9.10. The third kappa shape index (κ3) is 6.26. The summed E-state index contributed by atoms with van der Waals surface area (Å²) in [6, 6.07) is 21.1. The molecule has 0 atom stereocenters. The zero-order chi connectivity index (χ0) is 24.8. The zero-order valence-electron chi connectivity index (χ0n) is 19.3. The number of benzene rings is 3. The van der Waals surface area contributed by atoms with Crippen LogP contribution in [-0.2, 0) is 11.4 Å². The molecule has 1 heterocycles. The van der Waals surface area contributed by atoms with Crippen LogP contribution >= 0.6 is 27.7 Å². The topological polar surface area (TPSA) is 65.1 Å². The second-order valence-electron chi connectivity index (χ2n) is 7.80. The number of halogens is 1. The quantitative estimate of drug-likeness (QED) is 0.283. The molecule has 1 fully saturated rings. The van der Waals surface area contributed by atoms with E-state index < -0.39 is 0 Å². The number of methoxy groups -OCH3 is 1. The van der Waals surface area contributed by atoms with Crippen LogP contribution in [0.1, 0.15) is 16.7 Å². The highest BCUT2D eigenvalue weighted by Crippen LogP contribution is 2.39. The second kappa shape index (κ2) is 11.5. The van der Waals surface area contributed by atoms with Crippen LogP contribution in [0.15, 0.2) is 76.1 Å². The van der Waals surface area contributed by atoms with E-state index in [1.807, 2.05) is 67.6 Å². The summed E-state index contributed by atoms with van der Waals surface area (Å²) in [7, 11) is 1.56. The number of nitrogens with zero attached hydrogens (tertiary/aromatic N) is 1. The number of rotatable bonds is 9. The van der Waals surface area contributed by atoms with E-state index in [9.17, 15) is 9.59 Å². The lowest BCUT2D eigenvalue weighted by Crippen LogP contribution is -2.32. The minimum atomic E-state index is -0.341. The van der Waals surface area contributed by atoms with Crippen LogP contribution < -0.4 is 14.2 Å². The second-order valence-corrected chi connectivity index (χ2v) is 9.65. The highest BCUT2D eigenvalue weighted by Gasteiger charge is 2.35. The standard InChI is InChI=1S/C27H24BrNO5S/c1-18-8-10-21(11-9-18)33-13-12-29-26(30)24(35-27(29)31)16-20-14-22(28)25(23(15-20)32-2)34-17-19-6-4-3-5-7-19/h3-11,14-16H,12-13,17H2,1-2H3/b24-16-. The van der Waals surface area contributed by atoms with Crippen LogP contribution in [0, 0.1) is 6.92 Å². The molecule has 4 rings (SSSR count). The van der Waals surface area contributed by atoms with Gasteiger partial charge in [-0.1, -0.05) is 48.0 Å². The van der Waals surface area contributed by atoms with Crippen LogP contribution in [0.2, 0.25) is 0 Å². The fraction of sp³-hybridized carbons (Fsp3) is 0.185. The fourth-order valence-corrected chi connectivity index (χ4v) is 4.87. The van der Waals surface area contributed by atoms with E-state index in [4.69, 9.17) is 14.2 Å². The van der Waals surface area contributed by atoms with Gasteiger partial charge in [0.05, 0.1) is 23.0 Å². The molecule has 180 valence electrons. The van der Waals surface area contributed by atoms with Gasteiger partial charge in [0.2, 0.25) is 0 Å². The number of carbonyl (C=O) groups is 2. The Morgan fingerprint density at radius 3 is 2.46 bits per heavy atom. The summed E-state index contributed by atoms with van der Waals surface area (Å²) in [6.07, 6.45) is 1.68. The summed E-state index contributed by atoms with van der Waals surface area (Å²) in [6.45, 7) is 2.78. The summed E-state index contributed by atoms with van der Waals surface area (Å²) >= 11 is 4.45. The molecule has 3 aromatic rings. The van der Waals surface area contributed by atoms with Crippen molar-refractivity contribution < 1.29 is 23.8 Å². The first-order chi connectivity index (χ1) is 16.9. The fourth-order valence-electron chi connectivity index (χ4n) is 3.43. The van der Waals surface area contributed by atoms with E-state index >= 15 is 0 Å². The smallest absolute Gasteiger partial charge is 0.293 e. The molecule has 6 nitrogen and oxygen atoms in total. The summed E-state index contributed by atoms with van der Waals surface area (Å²) in [4.78, 5) is 26.9. The van der Waals surface area contributed by atoms with E-state index in [0.717, 1.165) is 22.9 Å². The molecule has 0 radical (unpaired) electrons. The molecule has 8 heteroatoms. The lowest BCUT2D eigenvalue weighted by Gasteiger charge is -2.14. The number of imide groups is 1. The van der Waals surface area contributed by atoms with Crippen molar-refractivity contribution in [3.05, 3.63) is 92.8 Å². The van der Waals surface area contributed by atoms with Crippen LogP contribution in [0.4, 0.5) is 4.79 Å². The Hall–Kier alpha value is -3.23. The third-order valence-electron chi connectivity index (χ3n) is 5.25. The minimum absolute atomic E-state index is 0.176. The molecular formula is C27H24BrNO5S. The summed E-state index contributed by atoms with van der Waals surface area (Å²) in [5.41, 5.74) is 2.88. The minimum Gasteiger partial charge on any atom is -0.493 e. The van der Waals surface area contributed by atoms with Crippen molar-refractivity contribution in [2.24, 2.45) is 0 Å². The molecule has 0 spiro atoms. The van der Waals surface area contributed by atoms with Gasteiger partial charge in [-0.05, 0) is 76.1 Å². The SMILES string of the molecule is COc1cc(/C=C2\SC(=O)N(CCOc3ccc(C)cc3)C2=O)cc(Br)c1OCc1ccccc1. The van der Waals surface area contributed by atoms with Gasteiger partial charge in [-0.25, -0.2) is 0 Å². The first-order valence-electron chi connectivity index (χ1n) is 10.9. The van der Waals surface area contributed by atoms with Gasteiger partial charge >= 0.3 is 0 Å². The van der Waals surface area contributed by atoms with Crippen molar-refractivity contribution >= 4 is 44.9 Å². The van der Waals surface area contributed by atoms with Gasteiger partial charge in [-0.2, -0.15) is 0 Å². The number of thioether (sulfide) groups is 1. The molecule has 0 aliphatic carbocycles. The lowest BCUT2D eigenvalue weighted by atomic mass is 10.1. The Labute approximate surface area is 217 Å². The van der Waals surface area contributed by atoms with Gasteiger partial charge in [-0.15, -0.1) is 0 Å². The zero-order valence-corrected chi connectivity index (χ0v) is 21.7. The monoisotopic (exact) mass is 553 g/mol. The Morgan fingerprint density at radius 2 is 1.74 bits per heavy atom. The molecule has 0 saturated carbocycles. The molecule has 3 aromatic carbocycles. The maximum absolute atomic E-state index is 12.9. The molecule has 0 aromatic heterocycles. The van der Waals surface area contributed by atoms with Crippen LogP contribution in [-0.4, -0.2) is 36.3 Å². The van der Waals surface area contributed by atoms with Crippen molar-refractivity contribution in [3.63, 3.8) is 0 Å². The van der Waals surface area contributed by atoms with E-state index in [1.165, 1.54) is 4.90 Å². The molecule has 1 saturated heterocycles. The maximum Gasteiger partial charge on any atom is 0.293 e. The predicted molar refractivity (Wildman–Crippen MR) is 141 cm³/mol. The van der Waals surface area contributed by atoms with Crippen molar-refractivity contribution in [2.45, 2.75) is 13.5 Å². The Kier molecular flexibility index (Phi) is 8.15. The Bertz CT molecular complexity index is 1240. The summed E-state index contributed by atoms with van der Waals surface area (Å²) in [5, 5.41) is -0.317. The average Bonchev–Trinajstić information content (AvgIpc) is 3.12. The van der Waals surface area contributed by atoms with Gasteiger partial charge in [0, 0.05) is 0 Å². The van der Waals surface area contributed by atoms with E-state index in [-0.39, 0.29) is 24.3 Å². The predicted octanol–water partition coefficient (Wildman–Crippen LogP) is 6.46. The number of ether oxygens (including phenoxy) is 3. The Balaban J connectivity index is 1.43. The molecule has 35 heavy (non-hydrogen) atoms.